The molecule has 130 valence electrons. The zero-order valence-corrected chi connectivity index (χ0v) is 12.9. The normalized spacial score (nSPS) is 10.4. The first-order valence-electron chi connectivity index (χ1n) is 6.91. The molecule has 2 aromatic carbocycles. The topological polar surface area (TPSA) is 135 Å². The summed E-state index contributed by atoms with van der Waals surface area (Å²) in [6, 6.07) is 10.3. The quantitative estimate of drug-likeness (QED) is 0.425. The Morgan fingerprint density at radius 2 is 1.16 bits per heavy atom. The van der Waals surface area contributed by atoms with Gasteiger partial charge in [-0.2, -0.15) is 0 Å². The summed E-state index contributed by atoms with van der Waals surface area (Å²) < 4.78 is 0. The number of aromatic hydroxyl groups is 3. The number of rotatable bonds is 4. The molecular formula is C18H16O7. The van der Waals surface area contributed by atoms with E-state index in [0.29, 0.717) is 5.56 Å². The van der Waals surface area contributed by atoms with Gasteiger partial charge in [-0.05, 0) is 47.5 Å². The lowest BCUT2D eigenvalue weighted by molar-refractivity contribution is -0.132. The van der Waals surface area contributed by atoms with Gasteiger partial charge in [0, 0.05) is 12.2 Å². The second kappa shape index (κ2) is 9.41. The van der Waals surface area contributed by atoms with Crippen LogP contribution in [0, 0.1) is 0 Å². The van der Waals surface area contributed by atoms with Gasteiger partial charge < -0.3 is 25.5 Å². The second-order valence-electron chi connectivity index (χ2n) is 4.68. The van der Waals surface area contributed by atoms with Gasteiger partial charge in [0.25, 0.3) is 0 Å². The van der Waals surface area contributed by atoms with E-state index in [2.05, 4.69) is 0 Å². The lowest BCUT2D eigenvalue weighted by atomic mass is 10.2. The van der Waals surface area contributed by atoms with Crippen molar-refractivity contribution in [2.75, 3.05) is 0 Å². The minimum atomic E-state index is -1.06. The third kappa shape index (κ3) is 7.89. The van der Waals surface area contributed by atoms with Crippen molar-refractivity contribution < 1.29 is 35.1 Å². The van der Waals surface area contributed by atoms with Crippen LogP contribution in [0.25, 0.3) is 12.2 Å². The molecule has 0 saturated carbocycles. The van der Waals surface area contributed by atoms with Crippen molar-refractivity contribution >= 4 is 24.1 Å². The number of hydrogen-bond acceptors (Lipinski definition) is 5. The Kier molecular flexibility index (Phi) is 7.27. The fourth-order valence-electron chi connectivity index (χ4n) is 1.56. The van der Waals surface area contributed by atoms with Crippen LogP contribution in [0.1, 0.15) is 11.1 Å². The number of aliphatic carboxylic acids is 2. The lowest BCUT2D eigenvalue weighted by Crippen LogP contribution is -1.85. The van der Waals surface area contributed by atoms with Crippen molar-refractivity contribution in [1.29, 1.82) is 0 Å². The van der Waals surface area contributed by atoms with Crippen molar-refractivity contribution in [2.24, 2.45) is 0 Å². The standard InChI is InChI=1S/C9H8O4.C9H8O3/c10-7-3-1-6(5-8(7)11)2-4-9(12)13;10-8-4-1-7(2-5-8)3-6-9(11)12/h1-5,10-11H,(H,12,13);1-6,10H,(H,11,12)/b4-2+;6-3+. The molecule has 25 heavy (non-hydrogen) atoms. The zero-order valence-electron chi connectivity index (χ0n) is 12.9. The van der Waals surface area contributed by atoms with E-state index in [1.807, 2.05) is 0 Å². The van der Waals surface area contributed by atoms with Gasteiger partial charge in [0.15, 0.2) is 11.5 Å². The van der Waals surface area contributed by atoms with Crippen molar-refractivity contribution in [2.45, 2.75) is 0 Å². The summed E-state index contributed by atoms with van der Waals surface area (Å²) in [5.41, 5.74) is 1.26. The lowest BCUT2D eigenvalue weighted by Gasteiger charge is -1.97. The fraction of sp³-hybridized carbons (Fsp3) is 0. The molecular weight excluding hydrogens is 328 g/mol. The summed E-state index contributed by atoms with van der Waals surface area (Å²) in [7, 11) is 0. The third-order valence-corrected chi connectivity index (χ3v) is 2.73. The SMILES string of the molecule is O=C(O)/C=C/c1ccc(O)c(O)c1.O=C(O)/C=C/c1ccc(O)cc1. The molecule has 0 aliphatic carbocycles. The number of phenolic OH excluding ortho intramolecular Hbond substituents is 3. The highest BCUT2D eigenvalue weighted by molar-refractivity contribution is 5.85. The summed E-state index contributed by atoms with van der Waals surface area (Å²) in [6.45, 7) is 0. The van der Waals surface area contributed by atoms with E-state index in [4.69, 9.17) is 25.5 Å². The molecule has 0 saturated heterocycles. The minimum absolute atomic E-state index is 0.169. The summed E-state index contributed by atoms with van der Waals surface area (Å²) in [4.78, 5) is 20.2. The molecule has 0 aromatic heterocycles. The van der Waals surface area contributed by atoms with Gasteiger partial charge >= 0.3 is 11.9 Å². The molecule has 5 N–H and O–H groups in total. The van der Waals surface area contributed by atoms with E-state index in [9.17, 15) is 9.59 Å². The average molecular weight is 344 g/mol. The summed E-state index contributed by atoms with van der Waals surface area (Å²) in [5.74, 6) is -2.38. The van der Waals surface area contributed by atoms with E-state index < -0.39 is 11.9 Å². The number of carboxylic acid groups (broad SMARTS) is 2. The molecule has 7 heteroatoms. The van der Waals surface area contributed by atoms with Gasteiger partial charge in [-0.1, -0.05) is 18.2 Å². The Morgan fingerprint density at radius 1 is 0.680 bits per heavy atom. The van der Waals surface area contributed by atoms with Crippen LogP contribution >= 0.6 is 0 Å². The summed E-state index contributed by atoms with van der Waals surface area (Å²) in [5, 5.41) is 43.5. The Labute approximate surface area is 143 Å². The molecule has 0 aliphatic rings. The largest absolute Gasteiger partial charge is 0.508 e. The van der Waals surface area contributed by atoms with Gasteiger partial charge in [-0.3, -0.25) is 0 Å². The molecule has 0 bridgehead atoms. The summed E-state index contributed by atoms with van der Waals surface area (Å²) in [6.07, 6.45) is 4.78. The molecule has 0 aliphatic heterocycles. The number of benzene rings is 2. The van der Waals surface area contributed by atoms with E-state index in [1.165, 1.54) is 42.5 Å². The number of phenols is 3. The first-order valence-corrected chi connectivity index (χ1v) is 6.91. The van der Waals surface area contributed by atoms with Gasteiger partial charge in [0.05, 0.1) is 0 Å². The van der Waals surface area contributed by atoms with Crippen LogP contribution in [-0.4, -0.2) is 37.5 Å². The molecule has 0 unspecified atom stereocenters. The molecule has 0 amide bonds. The fourth-order valence-corrected chi connectivity index (χ4v) is 1.56. The van der Waals surface area contributed by atoms with E-state index >= 15 is 0 Å². The molecule has 0 atom stereocenters. The van der Waals surface area contributed by atoms with Crippen LogP contribution < -0.4 is 0 Å². The smallest absolute Gasteiger partial charge is 0.328 e. The van der Waals surface area contributed by atoms with E-state index in [1.54, 1.807) is 12.1 Å². The molecule has 0 fully saturated rings. The van der Waals surface area contributed by atoms with Gasteiger partial charge in [-0.15, -0.1) is 0 Å². The van der Waals surface area contributed by atoms with E-state index in [0.717, 1.165) is 17.7 Å². The average Bonchev–Trinajstić information content (AvgIpc) is 2.56. The highest BCUT2D eigenvalue weighted by Crippen LogP contribution is 2.25. The molecule has 0 heterocycles. The molecule has 7 nitrogen and oxygen atoms in total. The monoisotopic (exact) mass is 344 g/mol. The number of carboxylic acids is 2. The van der Waals surface area contributed by atoms with Crippen molar-refractivity contribution in [3.05, 3.63) is 65.7 Å². The molecule has 2 rings (SSSR count). The predicted octanol–water partition coefficient (Wildman–Crippen LogP) is 2.69. The Bertz CT molecular complexity index is 790. The van der Waals surface area contributed by atoms with Crippen LogP contribution in [0.5, 0.6) is 17.2 Å². The van der Waals surface area contributed by atoms with Crippen LogP contribution in [0.2, 0.25) is 0 Å². The van der Waals surface area contributed by atoms with Crippen LogP contribution in [-0.2, 0) is 9.59 Å². The predicted molar refractivity (Wildman–Crippen MR) is 91.2 cm³/mol. The highest BCUT2D eigenvalue weighted by Gasteiger charge is 1.98. The van der Waals surface area contributed by atoms with Crippen LogP contribution in [0.4, 0.5) is 0 Å². The van der Waals surface area contributed by atoms with Gasteiger partial charge in [0.2, 0.25) is 0 Å². The third-order valence-electron chi connectivity index (χ3n) is 2.73. The van der Waals surface area contributed by atoms with Crippen LogP contribution in [0.15, 0.2) is 54.6 Å². The van der Waals surface area contributed by atoms with Crippen LogP contribution in [0.3, 0.4) is 0 Å². The Balaban J connectivity index is 0.000000251. The van der Waals surface area contributed by atoms with Gasteiger partial charge in [0.1, 0.15) is 5.75 Å². The Hall–Kier alpha value is -3.74. The molecule has 2 aromatic rings. The molecule has 0 spiro atoms. The number of hydrogen-bond donors (Lipinski definition) is 5. The number of carbonyl (C=O) groups is 2. The van der Waals surface area contributed by atoms with E-state index in [-0.39, 0.29) is 17.2 Å². The maximum Gasteiger partial charge on any atom is 0.328 e. The Morgan fingerprint density at radius 3 is 1.64 bits per heavy atom. The van der Waals surface area contributed by atoms with Crippen molar-refractivity contribution in [1.82, 2.24) is 0 Å². The zero-order chi connectivity index (χ0) is 18.8. The van der Waals surface area contributed by atoms with Crippen molar-refractivity contribution in [3.63, 3.8) is 0 Å². The van der Waals surface area contributed by atoms with Gasteiger partial charge in [-0.25, -0.2) is 9.59 Å². The molecule has 0 radical (unpaired) electrons. The van der Waals surface area contributed by atoms with Crippen molar-refractivity contribution in [3.8, 4) is 17.2 Å². The maximum atomic E-state index is 10.1. The first kappa shape index (κ1) is 19.3. The second-order valence-corrected chi connectivity index (χ2v) is 4.68. The highest BCUT2D eigenvalue weighted by atomic mass is 16.4. The first-order chi connectivity index (χ1) is 11.8. The summed E-state index contributed by atoms with van der Waals surface area (Å²) >= 11 is 0. The maximum absolute atomic E-state index is 10.1. The minimum Gasteiger partial charge on any atom is -0.508 e.